The fourth-order valence-corrected chi connectivity index (χ4v) is 2.94. The zero-order valence-electron chi connectivity index (χ0n) is 9.82. The number of nitrogens with zero attached hydrogens (tertiary/aromatic N) is 1. The van der Waals surface area contributed by atoms with Crippen molar-refractivity contribution in [2.45, 2.75) is 32.2 Å². The van der Waals surface area contributed by atoms with Gasteiger partial charge in [-0.3, -0.25) is 4.79 Å². The van der Waals surface area contributed by atoms with Crippen molar-refractivity contribution in [3.05, 3.63) is 28.2 Å². The topological polar surface area (TPSA) is 40.5 Å². The molecule has 0 radical (unpaired) electrons. The van der Waals surface area contributed by atoms with Crippen molar-refractivity contribution in [1.29, 1.82) is 0 Å². The van der Waals surface area contributed by atoms with Crippen LogP contribution in [0.5, 0.6) is 0 Å². The smallest absolute Gasteiger partial charge is 0.303 e. The number of hydrogen-bond donors (Lipinski definition) is 1. The fraction of sp³-hybridized carbons (Fsp3) is 0.462. The molecule has 1 aliphatic heterocycles. The molecule has 1 N–H and O–H groups in total. The lowest BCUT2D eigenvalue weighted by molar-refractivity contribution is -0.137. The van der Waals surface area contributed by atoms with Crippen molar-refractivity contribution >= 4 is 27.6 Å². The Balaban J connectivity index is 2.16. The largest absolute Gasteiger partial charge is 0.481 e. The van der Waals surface area contributed by atoms with Gasteiger partial charge in [0.15, 0.2) is 0 Å². The highest BCUT2D eigenvalue weighted by Crippen LogP contribution is 2.35. The van der Waals surface area contributed by atoms with Crippen molar-refractivity contribution in [2.24, 2.45) is 0 Å². The molecule has 1 aromatic rings. The Kier molecular flexibility index (Phi) is 3.72. The highest BCUT2D eigenvalue weighted by Gasteiger charge is 2.28. The second-order valence-corrected chi connectivity index (χ2v) is 5.27. The van der Waals surface area contributed by atoms with Gasteiger partial charge in [0.2, 0.25) is 0 Å². The third-order valence-corrected chi connectivity index (χ3v) is 3.77. The lowest BCUT2D eigenvalue weighted by Gasteiger charge is -2.25. The first kappa shape index (κ1) is 12.4. The minimum absolute atomic E-state index is 0.246. The summed E-state index contributed by atoms with van der Waals surface area (Å²) in [6.45, 7) is 3.05. The number of anilines is 1. The Morgan fingerprint density at radius 1 is 1.59 bits per heavy atom. The molecule has 1 heterocycles. The predicted molar refractivity (Wildman–Crippen MR) is 71.5 cm³/mol. The minimum atomic E-state index is -0.710. The van der Waals surface area contributed by atoms with Gasteiger partial charge in [-0.1, -0.05) is 15.9 Å². The Hall–Kier alpha value is -1.03. The number of hydrogen-bond acceptors (Lipinski definition) is 2. The Bertz CT molecular complexity index is 433. The Labute approximate surface area is 110 Å². The van der Waals surface area contributed by atoms with Gasteiger partial charge in [-0.15, -0.1) is 0 Å². The van der Waals surface area contributed by atoms with Gasteiger partial charge in [-0.25, -0.2) is 0 Å². The average Bonchev–Trinajstić information content (AvgIpc) is 2.62. The van der Waals surface area contributed by atoms with Crippen molar-refractivity contribution in [3.63, 3.8) is 0 Å². The van der Waals surface area contributed by atoms with Crippen LogP contribution in [0.4, 0.5) is 5.69 Å². The maximum absolute atomic E-state index is 10.7. The summed E-state index contributed by atoms with van der Waals surface area (Å²) in [5, 5.41) is 8.77. The van der Waals surface area contributed by atoms with Gasteiger partial charge in [-0.05, 0) is 43.5 Å². The van der Waals surface area contributed by atoms with Crippen LogP contribution in [-0.4, -0.2) is 23.7 Å². The molecule has 0 saturated heterocycles. The van der Waals surface area contributed by atoms with E-state index in [1.165, 1.54) is 11.3 Å². The van der Waals surface area contributed by atoms with E-state index in [1.807, 2.05) is 6.07 Å². The minimum Gasteiger partial charge on any atom is -0.481 e. The van der Waals surface area contributed by atoms with Gasteiger partial charge in [0, 0.05) is 29.2 Å². The number of fused-ring (bicyclic) bond motifs is 1. The summed E-state index contributed by atoms with van der Waals surface area (Å²) >= 11 is 3.48. The van der Waals surface area contributed by atoms with Crippen molar-refractivity contribution in [2.75, 3.05) is 11.4 Å². The van der Waals surface area contributed by atoms with Crippen LogP contribution in [0.1, 0.15) is 25.3 Å². The van der Waals surface area contributed by atoms with E-state index in [-0.39, 0.29) is 6.42 Å². The molecule has 3 nitrogen and oxygen atoms in total. The van der Waals surface area contributed by atoms with Gasteiger partial charge >= 0.3 is 5.97 Å². The van der Waals surface area contributed by atoms with Gasteiger partial charge in [0.05, 0.1) is 0 Å². The monoisotopic (exact) mass is 297 g/mol. The second-order valence-electron chi connectivity index (χ2n) is 4.35. The molecule has 17 heavy (non-hydrogen) atoms. The summed E-state index contributed by atoms with van der Waals surface area (Å²) in [6, 6.07) is 6.63. The van der Waals surface area contributed by atoms with Gasteiger partial charge < -0.3 is 10.0 Å². The molecule has 0 aliphatic carbocycles. The van der Waals surface area contributed by atoms with Crippen LogP contribution in [0.3, 0.4) is 0 Å². The van der Waals surface area contributed by atoms with Gasteiger partial charge in [0.25, 0.3) is 0 Å². The van der Waals surface area contributed by atoms with Gasteiger partial charge in [-0.2, -0.15) is 0 Å². The molecule has 1 unspecified atom stereocenters. The number of carbonyl (C=O) groups is 1. The van der Waals surface area contributed by atoms with Crippen molar-refractivity contribution in [3.8, 4) is 0 Å². The van der Waals surface area contributed by atoms with E-state index in [1.54, 1.807) is 0 Å². The van der Waals surface area contributed by atoms with E-state index in [4.69, 9.17) is 5.11 Å². The number of carboxylic acids is 1. The van der Waals surface area contributed by atoms with E-state index in [0.29, 0.717) is 6.04 Å². The molecule has 0 bridgehead atoms. The standard InChI is InChI=1S/C13H16BrNO2/c1-2-15-11(4-6-13(16)17)8-9-7-10(14)3-5-12(9)15/h3,5,7,11H,2,4,6,8H2,1H3,(H,16,17). The van der Waals surface area contributed by atoms with Crippen molar-refractivity contribution in [1.82, 2.24) is 0 Å². The van der Waals surface area contributed by atoms with E-state index < -0.39 is 5.97 Å². The molecule has 0 aromatic heterocycles. The summed E-state index contributed by atoms with van der Waals surface area (Å²) in [6.07, 6.45) is 1.92. The number of halogens is 1. The first-order valence-electron chi connectivity index (χ1n) is 5.88. The molecular formula is C13H16BrNO2. The average molecular weight is 298 g/mol. The Morgan fingerprint density at radius 2 is 2.35 bits per heavy atom. The summed E-state index contributed by atoms with van der Waals surface area (Å²) < 4.78 is 1.09. The summed E-state index contributed by atoms with van der Waals surface area (Å²) in [5.74, 6) is -0.710. The first-order valence-corrected chi connectivity index (χ1v) is 6.68. The van der Waals surface area contributed by atoms with E-state index >= 15 is 0 Å². The third-order valence-electron chi connectivity index (χ3n) is 3.28. The normalized spacial score (nSPS) is 18.2. The molecule has 0 fully saturated rings. The molecule has 4 heteroatoms. The predicted octanol–water partition coefficient (Wildman–Crippen LogP) is 3.06. The number of rotatable bonds is 4. The fourth-order valence-electron chi connectivity index (χ4n) is 2.54. The highest BCUT2D eigenvalue weighted by atomic mass is 79.9. The third kappa shape index (κ3) is 2.63. The molecule has 1 aliphatic rings. The number of carboxylic acid groups (broad SMARTS) is 1. The van der Waals surface area contributed by atoms with E-state index in [0.717, 1.165) is 23.9 Å². The van der Waals surface area contributed by atoms with Crippen LogP contribution in [0.15, 0.2) is 22.7 Å². The highest BCUT2D eigenvalue weighted by molar-refractivity contribution is 9.10. The lowest BCUT2D eigenvalue weighted by atomic mass is 10.1. The quantitative estimate of drug-likeness (QED) is 0.928. The molecule has 1 atom stereocenters. The van der Waals surface area contributed by atoms with Gasteiger partial charge in [0.1, 0.15) is 0 Å². The number of benzene rings is 1. The zero-order chi connectivity index (χ0) is 12.4. The lowest BCUT2D eigenvalue weighted by Crippen LogP contribution is -2.32. The number of aliphatic carboxylic acids is 1. The van der Waals surface area contributed by atoms with Crippen LogP contribution in [-0.2, 0) is 11.2 Å². The van der Waals surface area contributed by atoms with Crippen LogP contribution >= 0.6 is 15.9 Å². The Morgan fingerprint density at radius 3 is 3.00 bits per heavy atom. The maximum Gasteiger partial charge on any atom is 0.303 e. The molecule has 0 spiro atoms. The molecule has 0 saturated carbocycles. The first-order chi connectivity index (χ1) is 8.11. The zero-order valence-corrected chi connectivity index (χ0v) is 11.4. The molecule has 0 amide bonds. The molecule has 2 rings (SSSR count). The van der Waals surface area contributed by atoms with Crippen LogP contribution in [0.25, 0.3) is 0 Å². The molecular weight excluding hydrogens is 282 g/mol. The summed E-state index contributed by atoms with van der Waals surface area (Å²) in [4.78, 5) is 13.0. The van der Waals surface area contributed by atoms with E-state index in [9.17, 15) is 4.79 Å². The molecule has 1 aromatic carbocycles. The van der Waals surface area contributed by atoms with E-state index in [2.05, 4.69) is 39.9 Å². The maximum atomic E-state index is 10.7. The number of likely N-dealkylation sites (N-methyl/N-ethyl adjacent to an activating group) is 1. The van der Waals surface area contributed by atoms with Crippen LogP contribution in [0.2, 0.25) is 0 Å². The summed E-state index contributed by atoms with van der Waals surface area (Å²) in [5.41, 5.74) is 2.57. The SMILES string of the molecule is CCN1c2ccc(Br)cc2CC1CCC(=O)O. The van der Waals surface area contributed by atoms with Crippen LogP contribution in [0, 0.1) is 0 Å². The van der Waals surface area contributed by atoms with Crippen molar-refractivity contribution < 1.29 is 9.90 Å². The van der Waals surface area contributed by atoms with Crippen LogP contribution < -0.4 is 4.90 Å². The molecule has 92 valence electrons. The summed E-state index contributed by atoms with van der Waals surface area (Å²) in [7, 11) is 0. The second kappa shape index (κ2) is 5.08.